The third-order valence-corrected chi connectivity index (χ3v) is 6.56. The van der Waals surface area contributed by atoms with Gasteiger partial charge in [0.25, 0.3) is 5.91 Å². The van der Waals surface area contributed by atoms with Crippen molar-refractivity contribution in [2.24, 2.45) is 0 Å². The molecule has 27 heavy (non-hydrogen) atoms. The first-order chi connectivity index (χ1) is 13.2. The maximum atomic E-state index is 12.9. The zero-order valence-corrected chi connectivity index (χ0v) is 15.6. The minimum Gasteiger partial charge on any atom is -0.378 e. The lowest BCUT2D eigenvalue weighted by molar-refractivity contribution is 0.00392. The van der Waals surface area contributed by atoms with Crippen molar-refractivity contribution >= 4 is 5.91 Å². The molecule has 2 heterocycles. The van der Waals surface area contributed by atoms with E-state index in [0.717, 1.165) is 31.6 Å². The minimum atomic E-state index is -0.155. The van der Waals surface area contributed by atoms with E-state index in [0.29, 0.717) is 11.6 Å². The number of hydrogen-bond acceptors (Lipinski definition) is 4. The van der Waals surface area contributed by atoms with Crippen molar-refractivity contribution in [1.29, 1.82) is 0 Å². The van der Waals surface area contributed by atoms with Gasteiger partial charge in [-0.1, -0.05) is 24.3 Å². The molecule has 1 aliphatic heterocycles. The van der Waals surface area contributed by atoms with Crippen LogP contribution in [0.5, 0.6) is 0 Å². The highest BCUT2D eigenvalue weighted by Crippen LogP contribution is 2.51. The predicted molar refractivity (Wildman–Crippen MR) is 102 cm³/mol. The summed E-state index contributed by atoms with van der Waals surface area (Å²) in [5.41, 5.74) is 4.00. The molecule has 2 fully saturated rings. The van der Waals surface area contributed by atoms with Crippen LogP contribution in [0.1, 0.15) is 65.0 Å². The monoisotopic (exact) mass is 366 g/mol. The summed E-state index contributed by atoms with van der Waals surface area (Å²) in [7, 11) is 1.76. The van der Waals surface area contributed by atoms with Gasteiger partial charge in [-0.25, -0.2) is 0 Å². The summed E-state index contributed by atoms with van der Waals surface area (Å²) in [6.45, 7) is 1.94. The Bertz CT molecular complexity index is 851. The summed E-state index contributed by atoms with van der Waals surface area (Å²) in [6, 6.07) is 10.2. The van der Waals surface area contributed by atoms with E-state index >= 15 is 0 Å². The lowest BCUT2D eigenvalue weighted by atomic mass is 9.72. The second-order valence-electron chi connectivity index (χ2n) is 8.08. The van der Waals surface area contributed by atoms with Crippen LogP contribution in [0.4, 0.5) is 0 Å². The zero-order chi connectivity index (χ0) is 18.4. The van der Waals surface area contributed by atoms with Crippen molar-refractivity contribution in [3.63, 3.8) is 0 Å². The molecular weight excluding hydrogens is 340 g/mol. The number of amides is 1. The molecule has 3 aliphatic rings. The highest BCUT2D eigenvalue weighted by Gasteiger charge is 2.53. The van der Waals surface area contributed by atoms with Crippen molar-refractivity contribution in [2.45, 2.75) is 49.2 Å². The van der Waals surface area contributed by atoms with Crippen LogP contribution in [0, 0.1) is 0 Å². The van der Waals surface area contributed by atoms with Crippen LogP contribution < -0.4 is 10.6 Å². The Hall–Kier alpha value is -2.18. The Labute approximate surface area is 159 Å². The first kappa shape index (κ1) is 17.0. The van der Waals surface area contributed by atoms with Crippen LogP contribution in [0.3, 0.4) is 0 Å². The summed E-state index contributed by atoms with van der Waals surface area (Å²) in [5, 5.41) is 14.0. The number of nitrogens with zero attached hydrogens (tertiary/aromatic N) is 1. The summed E-state index contributed by atoms with van der Waals surface area (Å²) in [5.74, 6) is 0.418. The van der Waals surface area contributed by atoms with E-state index in [-0.39, 0.29) is 23.5 Å². The molecule has 1 aromatic carbocycles. The maximum Gasteiger partial charge on any atom is 0.272 e. The second kappa shape index (κ2) is 6.46. The smallest absolute Gasteiger partial charge is 0.272 e. The standard InChI is InChI=1S/C21H26N4O2/c1-27-19-18(23-20(26)17-12-16(24-25-17)13-6-7-13)14-4-2-3-5-15(14)21(19)8-10-22-11-9-21/h2-5,12-13,18-19,22H,6-11H2,1H3,(H,23,26)(H,24,25)/t18-,19+/m1/s1. The highest BCUT2D eigenvalue weighted by atomic mass is 16.5. The van der Waals surface area contributed by atoms with Gasteiger partial charge in [-0.05, 0) is 56.0 Å². The molecule has 1 spiro atoms. The highest BCUT2D eigenvalue weighted by molar-refractivity contribution is 5.92. The van der Waals surface area contributed by atoms with Gasteiger partial charge in [-0.2, -0.15) is 5.10 Å². The third kappa shape index (κ3) is 2.70. The molecule has 6 nitrogen and oxygen atoms in total. The number of fused-ring (bicyclic) bond motifs is 2. The van der Waals surface area contributed by atoms with Crippen LogP contribution in [0.15, 0.2) is 30.3 Å². The average Bonchev–Trinajstić information content (AvgIpc) is 3.38. The van der Waals surface area contributed by atoms with Crippen molar-refractivity contribution in [2.75, 3.05) is 20.2 Å². The molecule has 6 heteroatoms. The van der Waals surface area contributed by atoms with Gasteiger partial charge in [0.05, 0.1) is 12.1 Å². The molecule has 1 aromatic heterocycles. The number of H-pyrrole nitrogens is 1. The molecule has 2 aromatic rings. The van der Waals surface area contributed by atoms with Crippen molar-refractivity contribution < 1.29 is 9.53 Å². The van der Waals surface area contributed by atoms with Gasteiger partial charge >= 0.3 is 0 Å². The quantitative estimate of drug-likeness (QED) is 0.776. The number of rotatable bonds is 4. The summed E-state index contributed by atoms with van der Waals surface area (Å²) in [6.07, 6.45) is 4.33. The van der Waals surface area contributed by atoms with Crippen LogP contribution in [0.2, 0.25) is 0 Å². The summed E-state index contributed by atoms with van der Waals surface area (Å²) in [4.78, 5) is 12.9. The van der Waals surface area contributed by atoms with E-state index < -0.39 is 0 Å². The Morgan fingerprint density at radius 2 is 2.04 bits per heavy atom. The molecule has 2 aliphatic carbocycles. The van der Waals surface area contributed by atoms with Gasteiger partial charge in [0.2, 0.25) is 0 Å². The van der Waals surface area contributed by atoms with E-state index in [1.807, 2.05) is 12.1 Å². The number of ether oxygens (including phenoxy) is 1. The number of carbonyl (C=O) groups excluding carboxylic acids is 1. The number of aromatic amines is 1. The number of methoxy groups -OCH3 is 1. The van der Waals surface area contributed by atoms with Crippen molar-refractivity contribution in [3.05, 3.63) is 52.8 Å². The van der Waals surface area contributed by atoms with E-state index in [1.165, 1.54) is 24.0 Å². The molecule has 5 rings (SSSR count). The molecule has 1 saturated carbocycles. The number of benzene rings is 1. The lowest BCUT2D eigenvalue weighted by Gasteiger charge is -2.40. The number of carbonyl (C=O) groups is 1. The topological polar surface area (TPSA) is 79.0 Å². The van der Waals surface area contributed by atoms with Gasteiger partial charge < -0.3 is 15.4 Å². The fourth-order valence-corrected chi connectivity index (χ4v) is 5.07. The molecule has 2 atom stereocenters. The number of hydrogen-bond donors (Lipinski definition) is 3. The van der Waals surface area contributed by atoms with E-state index in [4.69, 9.17) is 4.74 Å². The molecule has 1 saturated heterocycles. The number of aromatic nitrogens is 2. The molecule has 3 N–H and O–H groups in total. The van der Waals surface area contributed by atoms with Gasteiger partial charge in [-0.15, -0.1) is 0 Å². The summed E-state index contributed by atoms with van der Waals surface area (Å²) < 4.78 is 6.02. The van der Waals surface area contributed by atoms with Crippen LogP contribution in [-0.2, 0) is 10.2 Å². The molecule has 0 bridgehead atoms. The Morgan fingerprint density at radius 1 is 1.26 bits per heavy atom. The number of piperidine rings is 1. The molecule has 1 amide bonds. The van der Waals surface area contributed by atoms with Crippen LogP contribution >= 0.6 is 0 Å². The van der Waals surface area contributed by atoms with Crippen LogP contribution in [0.25, 0.3) is 0 Å². The average molecular weight is 366 g/mol. The summed E-state index contributed by atoms with van der Waals surface area (Å²) >= 11 is 0. The van der Waals surface area contributed by atoms with Gasteiger partial charge in [-0.3, -0.25) is 9.89 Å². The Kier molecular flexibility index (Phi) is 4.06. The van der Waals surface area contributed by atoms with Gasteiger partial charge in [0, 0.05) is 24.1 Å². The normalized spacial score (nSPS) is 26.1. The molecule has 0 unspecified atom stereocenters. The van der Waals surface area contributed by atoms with Gasteiger partial charge in [0.15, 0.2) is 0 Å². The number of nitrogens with one attached hydrogen (secondary N) is 3. The Morgan fingerprint density at radius 3 is 2.78 bits per heavy atom. The third-order valence-electron chi connectivity index (χ3n) is 6.56. The zero-order valence-electron chi connectivity index (χ0n) is 15.6. The minimum absolute atomic E-state index is 0.0424. The first-order valence-corrected chi connectivity index (χ1v) is 9.92. The SMILES string of the molecule is CO[C@H]1[C@H](NC(=O)c2cc(C3CC3)[nH]n2)c2ccccc2C12CCNCC2. The second-order valence-corrected chi connectivity index (χ2v) is 8.08. The van der Waals surface area contributed by atoms with Crippen LogP contribution in [-0.4, -0.2) is 42.4 Å². The van der Waals surface area contributed by atoms with Gasteiger partial charge in [0.1, 0.15) is 5.69 Å². The fourth-order valence-electron chi connectivity index (χ4n) is 5.07. The predicted octanol–water partition coefficient (Wildman–Crippen LogP) is 2.41. The van der Waals surface area contributed by atoms with E-state index in [2.05, 4.69) is 39.0 Å². The molecule has 0 radical (unpaired) electrons. The molecular formula is C21H26N4O2. The first-order valence-electron chi connectivity index (χ1n) is 9.92. The fraction of sp³-hybridized carbons (Fsp3) is 0.524. The Balaban J connectivity index is 1.46. The van der Waals surface area contributed by atoms with Crippen molar-refractivity contribution in [3.8, 4) is 0 Å². The van der Waals surface area contributed by atoms with E-state index in [1.54, 1.807) is 7.11 Å². The maximum absolute atomic E-state index is 12.9. The molecule has 142 valence electrons. The largest absolute Gasteiger partial charge is 0.378 e. The van der Waals surface area contributed by atoms with Crippen molar-refractivity contribution in [1.82, 2.24) is 20.8 Å². The van der Waals surface area contributed by atoms with E-state index in [9.17, 15) is 4.79 Å². The lowest BCUT2D eigenvalue weighted by Crippen LogP contribution is -2.49.